The predicted molar refractivity (Wildman–Crippen MR) is 108 cm³/mol. The fraction of sp³-hybridized carbons (Fsp3) is 0.905. The molecule has 2 aliphatic rings. The Kier molecular flexibility index (Phi) is 7.76. The molecular formula is C21H38O4Si. The van der Waals surface area contributed by atoms with Crippen molar-refractivity contribution in [2.24, 2.45) is 5.92 Å². The highest BCUT2D eigenvalue weighted by Gasteiger charge is 2.45. The van der Waals surface area contributed by atoms with Crippen LogP contribution in [0.1, 0.15) is 59.3 Å². The minimum atomic E-state index is -1.89. The van der Waals surface area contributed by atoms with Gasteiger partial charge in [0.1, 0.15) is 6.61 Å². The van der Waals surface area contributed by atoms with Gasteiger partial charge in [-0.05, 0) is 56.7 Å². The molecule has 26 heavy (non-hydrogen) atoms. The number of ether oxygens (including phenoxy) is 2. The topological polar surface area (TPSA) is 47.9 Å². The maximum Gasteiger partial charge on any atom is 0.192 e. The van der Waals surface area contributed by atoms with Gasteiger partial charge in [0.05, 0.1) is 24.9 Å². The zero-order valence-electron chi connectivity index (χ0n) is 17.4. The standard InChI is InChI=1S/C21H38O4Si/c1-20(2,3)26(4,5)25-21(17-22)12-10-18(11-13-21)8-6-15-24-19-9-7-14-23-16-19/h18-19,22H,7,9-17H2,1-5H3. The summed E-state index contributed by atoms with van der Waals surface area (Å²) in [5, 5.41) is 10.2. The smallest absolute Gasteiger partial charge is 0.192 e. The molecule has 0 aromatic carbocycles. The van der Waals surface area contributed by atoms with Gasteiger partial charge in [-0.1, -0.05) is 32.6 Å². The number of aliphatic hydroxyl groups excluding tert-OH is 1. The van der Waals surface area contributed by atoms with E-state index in [1.54, 1.807) is 0 Å². The third-order valence-electron chi connectivity index (χ3n) is 6.28. The van der Waals surface area contributed by atoms with Crippen LogP contribution in [0.2, 0.25) is 18.1 Å². The molecule has 1 saturated heterocycles. The van der Waals surface area contributed by atoms with Gasteiger partial charge in [-0.3, -0.25) is 0 Å². The molecule has 1 heterocycles. The average molecular weight is 383 g/mol. The van der Waals surface area contributed by atoms with Crippen LogP contribution in [0.4, 0.5) is 0 Å². The van der Waals surface area contributed by atoms with Crippen molar-refractivity contribution >= 4 is 8.32 Å². The first kappa shape index (κ1) is 21.9. The lowest BCUT2D eigenvalue weighted by atomic mass is 9.79. The quantitative estimate of drug-likeness (QED) is 0.574. The van der Waals surface area contributed by atoms with Crippen molar-refractivity contribution in [1.29, 1.82) is 0 Å². The Hall–Kier alpha value is -0.383. The van der Waals surface area contributed by atoms with Crippen molar-refractivity contribution in [1.82, 2.24) is 0 Å². The molecular weight excluding hydrogens is 344 g/mol. The molecule has 0 aromatic rings. The molecule has 0 radical (unpaired) electrons. The van der Waals surface area contributed by atoms with E-state index < -0.39 is 8.32 Å². The molecule has 1 atom stereocenters. The number of rotatable bonds is 5. The molecule has 1 unspecified atom stereocenters. The Morgan fingerprint density at radius 1 is 1.19 bits per heavy atom. The van der Waals surface area contributed by atoms with Gasteiger partial charge in [0.15, 0.2) is 8.32 Å². The first-order chi connectivity index (χ1) is 12.2. The zero-order chi connectivity index (χ0) is 19.3. The van der Waals surface area contributed by atoms with E-state index in [9.17, 15) is 5.11 Å². The summed E-state index contributed by atoms with van der Waals surface area (Å²) in [6.07, 6.45) is 6.15. The first-order valence-electron chi connectivity index (χ1n) is 10.2. The second kappa shape index (κ2) is 9.21. The van der Waals surface area contributed by atoms with Crippen LogP contribution in [0.15, 0.2) is 0 Å². The van der Waals surface area contributed by atoms with E-state index in [1.807, 2.05) is 0 Å². The minimum Gasteiger partial charge on any atom is -0.409 e. The van der Waals surface area contributed by atoms with E-state index in [1.165, 1.54) is 0 Å². The van der Waals surface area contributed by atoms with Gasteiger partial charge >= 0.3 is 0 Å². The second-order valence-corrected chi connectivity index (χ2v) is 14.2. The normalized spacial score (nSPS) is 30.5. The number of hydrogen-bond donors (Lipinski definition) is 1. The van der Waals surface area contributed by atoms with E-state index in [0.717, 1.165) is 45.1 Å². The Bertz CT molecular complexity index is 486. The molecule has 0 spiro atoms. The summed E-state index contributed by atoms with van der Waals surface area (Å²) in [6.45, 7) is 13.5. The Morgan fingerprint density at radius 3 is 2.42 bits per heavy atom. The van der Waals surface area contributed by atoms with Crippen LogP contribution in [-0.4, -0.2) is 51.6 Å². The van der Waals surface area contributed by atoms with Gasteiger partial charge < -0.3 is 19.0 Å². The molecule has 2 rings (SSSR count). The van der Waals surface area contributed by atoms with Gasteiger partial charge in [0, 0.05) is 12.5 Å². The summed E-state index contributed by atoms with van der Waals surface area (Å²) in [4.78, 5) is 0. The van der Waals surface area contributed by atoms with Crippen LogP contribution in [0, 0.1) is 17.8 Å². The SMILES string of the molecule is CC(C)(C)[Si](C)(C)OC1(CO)CCC(C#CCOC2CCCOC2)CC1. The van der Waals surface area contributed by atoms with Crippen molar-refractivity contribution in [3.8, 4) is 11.8 Å². The van der Waals surface area contributed by atoms with Crippen molar-refractivity contribution in [2.75, 3.05) is 26.4 Å². The highest BCUT2D eigenvalue weighted by atomic mass is 28.4. The molecule has 2 fully saturated rings. The lowest BCUT2D eigenvalue weighted by Crippen LogP contribution is -2.52. The highest BCUT2D eigenvalue weighted by molar-refractivity contribution is 6.74. The summed E-state index contributed by atoms with van der Waals surface area (Å²) < 4.78 is 17.8. The van der Waals surface area contributed by atoms with Crippen LogP contribution < -0.4 is 0 Å². The summed E-state index contributed by atoms with van der Waals surface area (Å²) in [5.74, 6) is 6.96. The van der Waals surface area contributed by atoms with Crippen LogP contribution in [-0.2, 0) is 13.9 Å². The molecule has 0 aromatic heterocycles. The molecule has 150 valence electrons. The van der Waals surface area contributed by atoms with Gasteiger partial charge in [-0.2, -0.15) is 0 Å². The fourth-order valence-electron chi connectivity index (χ4n) is 3.46. The predicted octanol–water partition coefficient (Wildman–Crippen LogP) is 4.13. The Labute approximate surface area is 161 Å². The Morgan fingerprint density at radius 2 is 1.88 bits per heavy atom. The van der Waals surface area contributed by atoms with E-state index >= 15 is 0 Å². The van der Waals surface area contributed by atoms with Crippen molar-refractivity contribution in [3.63, 3.8) is 0 Å². The van der Waals surface area contributed by atoms with Crippen LogP contribution >= 0.6 is 0 Å². The lowest BCUT2D eigenvalue weighted by molar-refractivity contribution is -0.0397. The van der Waals surface area contributed by atoms with Crippen molar-refractivity contribution < 1.29 is 19.0 Å². The third kappa shape index (κ3) is 6.07. The summed E-state index contributed by atoms with van der Waals surface area (Å²) in [7, 11) is -1.89. The molecule has 0 bridgehead atoms. The van der Waals surface area contributed by atoms with Crippen LogP contribution in [0.5, 0.6) is 0 Å². The number of aliphatic hydroxyl groups is 1. The van der Waals surface area contributed by atoms with Gasteiger partial charge in [0.2, 0.25) is 0 Å². The molecule has 1 N–H and O–H groups in total. The van der Waals surface area contributed by atoms with Crippen molar-refractivity contribution in [3.05, 3.63) is 0 Å². The van der Waals surface area contributed by atoms with Crippen LogP contribution in [0.25, 0.3) is 0 Å². The molecule has 4 nitrogen and oxygen atoms in total. The summed E-state index contributed by atoms with van der Waals surface area (Å²) in [5.41, 5.74) is -0.364. The Balaban J connectivity index is 1.80. The monoisotopic (exact) mass is 382 g/mol. The van der Waals surface area contributed by atoms with Gasteiger partial charge in [-0.15, -0.1) is 0 Å². The van der Waals surface area contributed by atoms with E-state index in [4.69, 9.17) is 13.9 Å². The fourth-order valence-corrected chi connectivity index (χ4v) is 5.12. The molecule has 1 aliphatic heterocycles. The third-order valence-corrected chi connectivity index (χ3v) is 10.8. The van der Waals surface area contributed by atoms with Gasteiger partial charge in [-0.25, -0.2) is 0 Å². The lowest BCUT2D eigenvalue weighted by Gasteiger charge is -2.47. The van der Waals surface area contributed by atoms with Crippen LogP contribution in [0.3, 0.4) is 0 Å². The van der Waals surface area contributed by atoms with E-state index in [0.29, 0.717) is 19.1 Å². The summed E-state index contributed by atoms with van der Waals surface area (Å²) in [6, 6.07) is 0. The van der Waals surface area contributed by atoms with Crippen molar-refractivity contribution in [2.45, 2.75) is 89.1 Å². The summed E-state index contributed by atoms with van der Waals surface area (Å²) >= 11 is 0. The van der Waals surface area contributed by atoms with E-state index in [-0.39, 0.29) is 23.4 Å². The molecule has 5 heteroatoms. The van der Waals surface area contributed by atoms with Gasteiger partial charge in [0.25, 0.3) is 0 Å². The highest BCUT2D eigenvalue weighted by Crippen LogP contribution is 2.43. The molecule has 0 amide bonds. The number of hydrogen-bond acceptors (Lipinski definition) is 4. The molecule has 1 saturated carbocycles. The van der Waals surface area contributed by atoms with E-state index in [2.05, 4.69) is 45.7 Å². The minimum absolute atomic E-state index is 0.116. The average Bonchev–Trinajstić information content (AvgIpc) is 2.60. The first-order valence-corrected chi connectivity index (χ1v) is 13.1. The zero-order valence-corrected chi connectivity index (χ0v) is 18.4. The maximum atomic E-state index is 10.0. The maximum absolute atomic E-state index is 10.0. The second-order valence-electron chi connectivity index (χ2n) is 9.45. The molecule has 1 aliphatic carbocycles. The largest absolute Gasteiger partial charge is 0.409 e.